The zero-order valence-electron chi connectivity index (χ0n) is 10.0. The first-order valence-electron chi connectivity index (χ1n) is 5.47. The van der Waals surface area contributed by atoms with Crippen LogP contribution in [-0.4, -0.2) is 27.0 Å². The highest BCUT2D eigenvalue weighted by atomic mass is 32.1. The molecule has 0 aliphatic heterocycles. The summed E-state index contributed by atoms with van der Waals surface area (Å²) < 4.78 is 0. The smallest absolute Gasteiger partial charge is 0.354 e. The molecule has 0 aliphatic rings. The van der Waals surface area contributed by atoms with Gasteiger partial charge in [-0.1, -0.05) is 0 Å². The Kier molecular flexibility index (Phi) is 3.86. The number of aromatic carboxylic acids is 1. The molecule has 2 rings (SSSR count). The van der Waals surface area contributed by atoms with E-state index in [9.17, 15) is 9.59 Å². The van der Waals surface area contributed by atoms with Crippen LogP contribution in [0.4, 0.5) is 0 Å². The Labute approximate surface area is 113 Å². The monoisotopic (exact) mass is 277 g/mol. The number of amides is 1. The molecule has 1 amide bonds. The fraction of sp³-hybridized carbons (Fsp3) is 0.167. The van der Waals surface area contributed by atoms with Crippen molar-refractivity contribution in [1.82, 2.24) is 15.3 Å². The summed E-state index contributed by atoms with van der Waals surface area (Å²) in [6, 6.07) is 2.48. The molecule has 0 fully saturated rings. The van der Waals surface area contributed by atoms with Crippen LogP contribution in [0.3, 0.4) is 0 Å². The summed E-state index contributed by atoms with van der Waals surface area (Å²) in [5.74, 6) is -1.52. The molecule has 0 radical (unpaired) electrons. The van der Waals surface area contributed by atoms with Crippen LogP contribution in [0.1, 0.15) is 38.8 Å². The Morgan fingerprint density at radius 3 is 2.79 bits per heavy atom. The average molecular weight is 277 g/mol. The molecule has 2 heterocycles. The first-order chi connectivity index (χ1) is 9.08. The maximum Gasteiger partial charge on any atom is 0.354 e. The summed E-state index contributed by atoms with van der Waals surface area (Å²) in [5, 5.41) is 14.2. The lowest BCUT2D eigenvalue weighted by Crippen LogP contribution is -2.26. The van der Waals surface area contributed by atoms with Crippen molar-refractivity contribution in [2.24, 2.45) is 0 Å². The highest BCUT2D eigenvalue weighted by Gasteiger charge is 2.15. The second kappa shape index (κ2) is 5.57. The zero-order valence-corrected chi connectivity index (χ0v) is 10.8. The third kappa shape index (κ3) is 3.14. The molecule has 98 valence electrons. The van der Waals surface area contributed by atoms with Crippen molar-refractivity contribution in [2.45, 2.75) is 13.0 Å². The molecule has 0 aliphatic carbocycles. The van der Waals surface area contributed by atoms with E-state index < -0.39 is 5.97 Å². The topological polar surface area (TPSA) is 92.2 Å². The molecule has 19 heavy (non-hydrogen) atoms. The maximum atomic E-state index is 12.0. The first kappa shape index (κ1) is 13.2. The molecule has 2 aromatic heterocycles. The number of rotatable bonds is 4. The molecule has 0 aromatic carbocycles. The number of carbonyl (C=O) groups excluding carboxylic acids is 1. The van der Waals surface area contributed by atoms with E-state index in [2.05, 4.69) is 15.3 Å². The van der Waals surface area contributed by atoms with Gasteiger partial charge < -0.3 is 10.4 Å². The van der Waals surface area contributed by atoms with Gasteiger partial charge in [0.25, 0.3) is 5.91 Å². The molecule has 0 spiro atoms. The number of carboxylic acids is 1. The summed E-state index contributed by atoms with van der Waals surface area (Å²) in [6.07, 6.45) is 2.96. The van der Waals surface area contributed by atoms with Gasteiger partial charge in [0.1, 0.15) is 10.7 Å². The molecule has 0 bridgehead atoms. The minimum absolute atomic E-state index is 0.158. The minimum atomic E-state index is -1.16. The van der Waals surface area contributed by atoms with Gasteiger partial charge in [0.05, 0.1) is 6.04 Å². The van der Waals surface area contributed by atoms with E-state index in [4.69, 9.17) is 5.11 Å². The molecule has 1 atom stereocenters. The number of carboxylic acid groups (broad SMARTS) is 1. The second-order valence-electron chi connectivity index (χ2n) is 3.80. The van der Waals surface area contributed by atoms with E-state index in [0.717, 1.165) is 5.01 Å². The molecule has 6 nitrogen and oxygen atoms in total. The predicted octanol–water partition coefficient (Wildman–Crippen LogP) is 1.73. The summed E-state index contributed by atoms with van der Waals surface area (Å²) >= 11 is 1.44. The molecule has 2 aromatic rings. The zero-order chi connectivity index (χ0) is 13.8. The van der Waals surface area contributed by atoms with Gasteiger partial charge in [0.15, 0.2) is 0 Å². The van der Waals surface area contributed by atoms with Crippen molar-refractivity contribution < 1.29 is 14.7 Å². The lowest BCUT2D eigenvalue weighted by Gasteiger charge is -2.11. The third-order valence-electron chi connectivity index (χ3n) is 2.41. The fourth-order valence-corrected chi connectivity index (χ4v) is 2.12. The standard InChI is InChI=1S/C12H11N3O3S/c1-7(11-14-4-5-19-11)15-10(16)8-2-3-13-9(6-8)12(17)18/h2-7H,1H3,(H,15,16)(H,17,18). The molecule has 0 saturated heterocycles. The number of hydrogen-bond acceptors (Lipinski definition) is 5. The van der Waals surface area contributed by atoms with Gasteiger partial charge in [-0.3, -0.25) is 4.79 Å². The van der Waals surface area contributed by atoms with Crippen LogP contribution >= 0.6 is 11.3 Å². The maximum absolute atomic E-state index is 12.0. The van der Waals surface area contributed by atoms with Gasteiger partial charge >= 0.3 is 5.97 Å². The highest BCUT2D eigenvalue weighted by Crippen LogP contribution is 2.15. The van der Waals surface area contributed by atoms with Crippen LogP contribution in [0.5, 0.6) is 0 Å². The SMILES string of the molecule is CC(NC(=O)c1ccnc(C(=O)O)c1)c1nccs1. The van der Waals surface area contributed by atoms with Crippen molar-refractivity contribution in [3.63, 3.8) is 0 Å². The largest absolute Gasteiger partial charge is 0.477 e. The minimum Gasteiger partial charge on any atom is -0.477 e. The number of nitrogens with zero attached hydrogens (tertiary/aromatic N) is 2. The third-order valence-corrected chi connectivity index (χ3v) is 3.37. The number of hydrogen-bond donors (Lipinski definition) is 2. The number of nitrogens with one attached hydrogen (secondary N) is 1. The van der Waals surface area contributed by atoms with Crippen LogP contribution in [-0.2, 0) is 0 Å². The van der Waals surface area contributed by atoms with Crippen LogP contribution in [0.25, 0.3) is 0 Å². The van der Waals surface area contributed by atoms with Gasteiger partial charge in [-0.05, 0) is 19.1 Å². The van der Waals surface area contributed by atoms with Crippen molar-refractivity contribution in [3.8, 4) is 0 Å². The Balaban J connectivity index is 2.12. The molecule has 0 saturated carbocycles. The lowest BCUT2D eigenvalue weighted by atomic mass is 10.2. The summed E-state index contributed by atoms with van der Waals surface area (Å²) in [6.45, 7) is 1.82. The normalized spacial score (nSPS) is 11.8. The molecule has 7 heteroatoms. The first-order valence-corrected chi connectivity index (χ1v) is 6.35. The quantitative estimate of drug-likeness (QED) is 0.887. The number of carbonyl (C=O) groups is 2. The van der Waals surface area contributed by atoms with Gasteiger partial charge in [-0.2, -0.15) is 0 Å². The molecule has 2 N–H and O–H groups in total. The number of pyridine rings is 1. The summed E-state index contributed by atoms with van der Waals surface area (Å²) in [4.78, 5) is 30.5. The van der Waals surface area contributed by atoms with Crippen LogP contribution < -0.4 is 5.32 Å². The summed E-state index contributed by atoms with van der Waals surface area (Å²) in [5.41, 5.74) is 0.102. The predicted molar refractivity (Wildman–Crippen MR) is 69.2 cm³/mol. The van der Waals surface area contributed by atoms with Crippen molar-refractivity contribution in [1.29, 1.82) is 0 Å². The highest BCUT2D eigenvalue weighted by molar-refractivity contribution is 7.09. The van der Waals surface area contributed by atoms with E-state index >= 15 is 0 Å². The molecule has 1 unspecified atom stereocenters. The van der Waals surface area contributed by atoms with Gasteiger partial charge in [-0.25, -0.2) is 14.8 Å². The lowest BCUT2D eigenvalue weighted by molar-refractivity contribution is 0.0690. The Morgan fingerprint density at radius 2 is 2.16 bits per heavy atom. The summed E-state index contributed by atoms with van der Waals surface area (Å²) in [7, 11) is 0. The van der Waals surface area contributed by atoms with Crippen LogP contribution in [0, 0.1) is 0 Å². The van der Waals surface area contributed by atoms with E-state index in [-0.39, 0.29) is 23.2 Å². The van der Waals surface area contributed by atoms with Gasteiger partial charge in [-0.15, -0.1) is 11.3 Å². The Morgan fingerprint density at radius 1 is 1.37 bits per heavy atom. The van der Waals surface area contributed by atoms with Crippen LogP contribution in [0.15, 0.2) is 29.9 Å². The molecular weight excluding hydrogens is 266 g/mol. The number of thiazole rings is 1. The number of aromatic nitrogens is 2. The fourth-order valence-electron chi connectivity index (χ4n) is 1.48. The second-order valence-corrected chi connectivity index (χ2v) is 4.73. The van der Waals surface area contributed by atoms with E-state index in [1.54, 1.807) is 6.20 Å². The van der Waals surface area contributed by atoms with Gasteiger partial charge in [0.2, 0.25) is 0 Å². The van der Waals surface area contributed by atoms with Crippen LogP contribution in [0.2, 0.25) is 0 Å². The van der Waals surface area contributed by atoms with Crippen molar-refractivity contribution in [3.05, 3.63) is 46.2 Å². The van der Waals surface area contributed by atoms with Crippen molar-refractivity contribution in [2.75, 3.05) is 0 Å². The van der Waals surface area contributed by atoms with E-state index in [1.165, 1.54) is 29.7 Å². The molecular formula is C12H11N3O3S. The van der Waals surface area contributed by atoms with Gasteiger partial charge in [0, 0.05) is 23.3 Å². The Bertz CT molecular complexity index is 598. The Hall–Kier alpha value is -2.28. The van der Waals surface area contributed by atoms with E-state index in [0.29, 0.717) is 0 Å². The average Bonchev–Trinajstić information content (AvgIpc) is 2.92. The van der Waals surface area contributed by atoms with Crippen molar-refractivity contribution >= 4 is 23.2 Å². The van der Waals surface area contributed by atoms with E-state index in [1.807, 2.05) is 12.3 Å².